The van der Waals surface area contributed by atoms with Gasteiger partial charge in [-0.25, -0.2) is 4.39 Å². The average molecular weight is 294 g/mol. The van der Waals surface area contributed by atoms with Crippen LogP contribution in [0.4, 0.5) is 10.1 Å². The molecule has 0 bridgehead atoms. The molecule has 0 aliphatic carbocycles. The van der Waals surface area contributed by atoms with Crippen molar-refractivity contribution in [2.24, 2.45) is 0 Å². The highest BCUT2D eigenvalue weighted by atomic mass is 35.5. The quantitative estimate of drug-likeness (QED) is 0.898. The first kappa shape index (κ1) is 13.4. The van der Waals surface area contributed by atoms with Crippen LogP contribution in [-0.4, -0.2) is 16.7 Å². The minimum absolute atomic E-state index is 0.0531. The molecule has 1 atom stereocenters. The van der Waals surface area contributed by atoms with E-state index in [0.29, 0.717) is 5.02 Å². The van der Waals surface area contributed by atoms with E-state index in [1.807, 2.05) is 13.1 Å². The van der Waals surface area contributed by atoms with Gasteiger partial charge in [0, 0.05) is 23.3 Å². The molecule has 1 aromatic heterocycles. The average Bonchev–Trinajstić information content (AvgIpc) is 2.85. The lowest BCUT2D eigenvalue weighted by molar-refractivity contribution is 0.455. The number of nitrogens with zero attached hydrogens (tertiary/aromatic N) is 2. The van der Waals surface area contributed by atoms with E-state index in [4.69, 9.17) is 11.6 Å². The minimum atomic E-state index is -0.226. The highest BCUT2D eigenvalue weighted by Gasteiger charge is 2.28. The van der Waals surface area contributed by atoms with Gasteiger partial charge in [-0.3, -0.25) is 5.10 Å². The summed E-state index contributed by atoms with van der Waals surface area (Å²) in [5, 5.41) is 7.50. The van der Waals surface area contributed by atoms with Crippen molar-refractivity contribution in [1.82, 2.24) is 10.2 Å². The number of hydrogen-bond acceptors (Lipinski definition) is 2. The van der Waals surface area contributed by atoms with Gasteiger partial charge < -0.3 is 4.90 Å². The molecule has 0 radical (unpaired) electrons. The molecule has 2 aromatic rings. The summed E-state index contributed by atoms with van der Waals surface area (Å²) in [6, 6.07) is 5.01. The Morgan fingerprint density at radius 2 is 2.25 bits per heavy atom. The van der Waals surface area contributed by atoms with Gasteiger partial charge in [-0.05, 0) is 38.3 Å². The molecule has 1 aromatic carbocycles. The summed E-state index contributed by atoms with van der Waals surface area (Å²) in [6.07, 6.45) is 5.07. The lowest BCUT2D eigenvalue weighted by atomic mass is 9.94. The number of H-pyrrole nitrogens is 1. The largest absolute Gasteiger partial charge is 0.362 e. The van der Waals surface area contributed by atoms with Crippen LogP contribution < -0.4 is 4.90 Å². The summed E-state index contributed by atoms with van der Waals surface area (Å²) in [4.78, 5) is 2.24. The Hall–Kier alpha value is -1.55. The molecule has 106 valence electrons. The van der Waals surface area contributed by atoms with Crippen LogP contribution in [0.3, 0.4) is 0 Å². The van der Waals surface area contributed by atoms with Crippen LogP contribution in [0.5, 0.6) is 0 Å². The molecular weight excluding hydrogens is 277 g/mol. The predicted octanol–water partition coefficient (Wildman–Crippen LogP) is 4.24. The normalized spacial score (nSPS) is 19.4. The highest BCUT2D eigenvalue weighted by molar-refractivity contribution is 6.30. The zero-order valence-electron chi connectivity index (χ0n) is 11.4. The van der Waals surface area contributed by atoms with Crippen LogP contribution in [0.25, 0.3) is 0 Å². The van der Waals surface area contributed by atoms with Gasteiger partial charge in [-0.2, -0.15) is 5.10 Å². The van der Waals surface area contributed by atoms with E-state index in [0.717, 1.165) is 42.8 Å². The summed E-state index contributed by atoms with van der Waals surface area (Å²) in [5.74, 6) is -0.226. The minimum Gasteiger partial charge on any atom is -0.362 e. The Morgan fingerprint density at radius 3 is 2.95 bits per heavy atom. The molecule has 1 fully saturated rings. The third-order valence-corrected chi connectivity index (χ3v) is 4.17. The van der Waals surface area contributed by atoms with Crippen molar-refractivity contribution in [2.45, 2.75) is 32.2 Å². The van der Waals surface area contributed by atoms with Crippen molar-refractivity contribution in [3.63, 3.8) is 0 Å². The van der Waals surface area contributed by atoms with Gasteiger partial charge in [-0.15, -0.1) is 0 Å². The Kier molecular flexibility index (Phi) is 3.66. The van der Waals surface area contributed by atoms with Gasteiger partial charge in [0.1, 0.15) is 5.82 Å². The molecule has 1 N–H and O–H groups in total. The predicted molar refractivity (Wildman–Crippen MR) is 78.7 cm³/mol. The molecule has 0 spiro atoms. The van der Waals surface area contributed by atoms with Crippen molar-refractivity contribution in [3.05, 3.63) is 46.5 Å². The third kappa shape index (κ3) is 2.40. The maximum absolute atomic E-state index is 14.2. The number of rotatable bonds is 2. The molecular formula is C15H17ClFN3. The maximum Gasteiger partial charge on any atom is 0.129 e. The van der Waals surface area contributed by atoms with E-state index in [1.54, 1.807) is 12.1 Å². The lowest BCUT2D eigenvalue weighted by Crippen LogP contribution is -2.34. The van der Waals surface area contributed by atoms with E-state index in [-0.39, 0.29) is 11.9 Å². The number of anilines is 1. The standard InChI is InChI=1S/C15H17ClFN3/c1-10-15(9-18-19-10)20-7-3-2-4-14(20)12-6-5-11(16)8-13(12)17/h5-6,8-9,14H,2-4,7H2,1H3,(H,18,19). The second-order valence-corrected chi connectivity index (χ2v) is 5.66. The van der Waals surface area contributed by atoms with Crippen molar-refractivity contribution >= 4 is 17.3 Å². The number of aryl methyl sites for hydroxylation is 1. The molecule has 2 heterocycles. The summed E-state index contributed by atoms with van der Waals surface area (Å²) < 4.78 is 14.2. The Labute approximate surface area is 122 Å². The lowest BCUT2D eigenvalue weighted by Gasteiger charge is -2.37. The fraction of sp³-hybridized carbons (Fsp3) is 0.400. The van der Waals surface area contributed by atoms with E-state index in [2.05, 4.69) is 15.1 Å². The molecule has 1 aliphatic heterocycles. The molecule has 0 saturated carbocycles. The van der Waals surface area contributed by atoms with Crippen LogP contribution in [0.15, 0.2) is 24.4 Å². The second kappa shape index (κ2) is 5.44. The van der Waals surface area contributed by atoms with Crippen LogP contribution in [0.1, 0.15) is 36.6 Å². The van der Waals surface area contributed by atoms with Gasteiger partial charge in [0.25, 0.3) is 0 Å². The van der Waals surface area contributed by atoms with Gasteiger partial charge in [-0.1, -0.05) is 17.7 Å². The zero-order chi connectivity index (χ0) is 14.1. The molecule has 5 heteroatoms. The summed E-state index contributed by atoms with van der Waals surface area (Å²) >= 11 is 5.85. The van der Waals surface area contributed by atoms with Gasteiger partial charge in [0.2, 0.25) is 0 Å². The van der Waals surface area contributed by atoms with Crippen molar-refractivity contribution in [1.29, 1.82) is 0 Å². The van der Waals surface area contributed by atoms with E-state index in [9.17, 15) is 4.39 Å². The number of halogens is 2. The van der Waals surface area contributed by atoms with Crippen molar-refractivity contribution in [2.75, 3.05) is 11.4 Å². The highest BCUT2D eigenvalue weighted by Crippen LogP contribution is 2.37. The molecule has 1 unspecified atom stereocenters. The smallest absolute Gasteiger partial charge is 0.129 e. The third-order valence-electron chi connectivity index (χ3n) is 3.94. The first-order valence-electron chi connectivity index (χ1n) is 6.89. The Balaban J connectivity index is 1.99. The number of aromatic amines is 1. The van der Waals surface area contributed by atoms with Gasteiger partial charge in [0.05, 0.1) is 17.4 Å². The fourth-order valence-corrected chi connectivity index (χ4v) is 3.12. The van der Waals surface area contributed by atoms with Crippen LogP contribution in [-0.2, 0) is 0 Å². The Morgan fingerprint density at radius 1 is 1.40 bits per heavy atom. The first-order valence-corrected chi connectivity index (χ1v) is 7.26. The summed E-state index contributed by atoms with van der Waals surface area (Å²) in [6.45, 7) is 2.89. The number of aromatic nitrogens is 2. The van der Waals surface area contributed by atoms with E-state index < -0.39 is 0 Å². The first-order chi connectivity index (χ1) is 9.66. The molecule has 1 aliphatic rings. The summed E-state index contributed by atoms with van der Waals surface area (Å²) in [5.41, 5.74) is 2.73. The number of benzene rings is 1. The fourth-order valence-electron chi connectivity index (χ4n) is 2.96. The second-order valence-electron chi connectivity index (χ2n) is 5.23. The SMILES string of the molecule is Cc1n[nH]cc1N1CCCCC1c1ccc(Cl)cc1F. The van der Waals surface area contributed by atoms with Gasteiger partial charge in [0.15, 0.2) is 0 Å². The van der Waals surface area contributed by atoms with Crippen molar-refractivity contribution < 1.29 is 4.39 Å². The van der Waals surface area contributed by atoms with Gasteiger partial charge >= 0.3 is 0 Å². The number of nitrogens with one attached hydrogen (secondary N) is 1. The number of hydrogen-bond donors (Lipinski definition) is 1. The van der Waals surface area contributed by atoms with Crippen molar-refractivity contribution in [3.8, 4) is 0 Å². The van der Waals surface area contributed by atoms with Crippen LogP contribution in [0.2, 0.25) is 5.02 Å². The molecule has 3 rings (SSSR count). The zero-order valence-corrected chi connectivity index (χ0v) is 12.1. The van der Waals surface area contributed by atoms with Crippen LogP contribution in [0, 0.1) is 12.7 Å². The molecule has 20 heavy (non-hydrogen) atoms. The molecule has 3 nitrogen and oxygen atoms in total. The van der Waals surface area contributed by atoms with E-state index in [1.165, 1.54) is 6.07 Å². The summed E-state index contributed by atoms with van der Waals surface area (Å²) in [7, 11) is 0. The molecule has 1 saturated heterocycles. The monoisotopic (exact) mass is 293 g/mol. The number of piperidine rings is 1. The molecule has 0 amide bonds. The van der Waals surface area contributed by atoms with Crippen LogP contribution >= 0.6 is 11.6 Å². The van der Waals surface area contributed by atoms with E-state index >= 15 is 0 Å². The maximum atomic E-state index is 14.2. The Bertz CT molecular complexity index is 611. The topological polar surface area (TPSA) is 31.9 Å².